The second kappa shape index (κ2) is 8.61. The van der Waals surface area contributed by atoms with Gasteiger partial charge in [0.2, 0.25) is 0 Å². The summed E-state index contributed by atoms with van der Waals surface area (Å²) in [5.74, 6) is 0. The molecule has 0 radical (unpaired) electrons. The van der Waals surface area contributed by atoms with Crippen molar-refractivity contribution in [3.8, 4) is 0 Å². The van der Waals surface area contributed by atoms with Gasteiger partial charge in [-0.3, -0.25) is 4.72 Å². The van der Waals surface area contributed by atoms with Crippen LogP contribution in [0.4, 0.5) is 5.69 Å². The molecule has 28 heavy (non-hydrogen) atoms. The van der Waals surface area contributed by atoms with Gasteiger partial charge >= 0.3 is 0 Å². The molecule has 3 aromatic rings. The number of nitrogens with one attached hydrogen (secondary N) is 1. The average molecular weight is 414 g/mol. The molecule has 0 heterocycles. The molecule has 2 N–H and O–H groups in total. The summed E-state index contributed by atoms with van der Waals surface area (Å²) < 4.78 is 27.9. The van der Waals surface area contributed by atoms with Crippen molar-refractivity contribution in [3.05, 3.63) is 101 Å². The summed E-state index contributed by atoms with van der Waals surface area (Å²) in [5.41, 5.74) is 2.50. The maximum absolute atomic E-state index is 12.7. The fourth-order valence-corrected chi connectivity index (χ4v) is 3.96. The van der Waals surface area contributed by atoms with Crippen molar-refractivity contribution in [2.45, 2.75) is 17.9 Å². The third-order valence-electron chi connectivity index (χ3n) is 4.22. The third-order valence-corrected chi connectivity index (χ3v) is 5.94. The number of hydrogen-bond donors (Lipinski definition) is 2. The van der Waals surface area contributed by atoms with E-state index in [1.807, 2.05) is 25.1 Å². The molecule has 3 rings (SSSR count). The van der Waals surface area contributed by atoms with Crippen LogP contribution in [0.2, 0.25) is 5.02 Å². The number of anilines is 1. The van der Waals surface area contributed by atoms with Gasteiger partial charge in [0.25, 0.3) is 10.0 Å². The molecular weight excluding hydrogens is 394 g/mol. The van der Waals surface area contributed by atoms with Gasteiger partial charge in [-0.1, -0.05) is 77.8 Å². The normalized spacial score (nSPS) is 12.8. The van der Waals surface area contributed by atoms with Crippen molar-refractivity contribution in [3.63, 3.8) is 0 Å². The van der Waals surface area contributed by atoms with Crippen molar-refractivity contribution in [2.24, 2.45) is 0 Å². The largest absolute Gasteiger partial charge is 0.384 e. The van der Waals surface area contributed by atoms with E-state index in [4.69, 9.17) is 11.6 Å². The van der Waals surface area contributed by atoms with E-state index >= 15 is 0 Å². The number of para-hydroxylation sites is 1. The lowest BCUT2D eigenvalue weighted by molar-refractivity contribution is 0.230. The number of hydrogen-bond acceptors (Lipinski definition) is 3. The molecule has 3 aromatic carbocycles. The first kappa shape index (κ1) is 20.1. The minimum absolute atomic E-state index is 0.161. The highest BCUT2D eigenvalue weighted by molar-refractivity contribution is 7.92. The summed E-state index contributed by atoms with van der Waals surface area (Å²) in [4.78, 5) is 0.161. The molecule has 1 atom stereocenters. The zero-order chi connectivity index (χ0) is 20.1. The second-order valence-corrected chi connectivity index (χ2v) is 8.42. The van der Waals surface area contributed by atoms with Crippen LogP contribution in [0.25, 0.3) is 6.08 Å². The SMILES string of the molecule is Cc1ccc(S(=O)(=O)Nc2ccccc2C(O)/C=C/c2ccccc2Cl)cc1. The van der Waals surface area contributed by atoms with Gasteiger partial charge in [0, 0.05) is 10.6 Å². The fourth-order valence-electron chi connectivity index (χ4n) is 2.68. The lowest BCUT2D eigenvalue weighted by Crippen LogP contribution is -2.15. The Morgan fingerprint density at radius 3 is 2.32 bits per heavy atom. The van der Waals surface area contributed by atoms with E-state index in [0.717, 1.165) is 11.1 Å². The Morgan fingerprint density at radius 2 is 1.61 bits per heavy atom. The van der Waals surface area contributed by atoms with Crippen LogP contribution in [0.1, 0.15) is 22.8 Å². The first-order valence-corrected chi connectivity index (χ1v) is 10.5. The second-order valence-electron chi connectivity index (χ2n) is 6.33. The summed E-state index contributed by atoms with van der Waals surface area (Å²) in [6, 6.07) is 20.6. The zero-order valence-electron chi connectivity index (χ0n) is 15.2. The molecule has 144 valence electrons. The van der Waals surface area contributed by atoms with Gasteiger partial charge in [0.1, 0.15) is 0 Å². The molecule has 0 saturated carbocycles. The summed E-state index contributed by atoms with van der Waals surface area (Å²) in [7, 11) is -3.77. The van der Waals surface area contributed by atoms with Gasteiger partial charge in [0.15, 0.2) is 0 Å². The smallest absolute Gasteiger partial charge is 0.261 e. The number of rotatable bonds is 6. The van der Waals surface area contributed by atoms with Crippen molar-refractivity contribution < 1.29 is 13.5 Å². The van der Waals surface area contributed by atoms with Gasteiger partial charge in [-0.15, -0.1) is 0 Å². The van der Waals surface area contributed by atoms with E-state index in [1.165, 1.54) is 0 Å². The summed E-state index contributed by atoms with van der Waals surface area (Å²) in [6.45, 7) is 1.89. The number of aliphatic hydroxyl groups excluding tert-OH is 1. The Kier molecular flexibility index (Phi) is 6.19. The van der Waals surface area contributed by atoms with E-state index in [2.05, 4.69) is 4.72 Å². The summed E-state index contributed by atoms with van der Waals surface area (Å²) in [6.07, 6.45) is 2.27. The van der Waals surface area contributed by atoms with E-state index in [9.17, 15) is 13.5 Å². The van der Waals surface area contributed by atoms with Gasteiger partial charge in [-0.2, -0.15) is 0 Å². The Balaban J connectivity index is 1.86. The van der Waals surface area contributed by atoms with E-state index in [0.29, 0.717) is 16.3 Å². The van der Waals surface area contributed by atoms with E-state index in [1.54, 1.807) is 66.7 Å². The van der Waals surface area contributed by atoms with Crippen LogP contribution in [0.15, 0.2) is 83.8 Å². The molecule has 0 saturated heterocycles. The minimum Gasteiger partial charge on any atom is -0.384 e. The van der Waals surface area contributed by atoms with Crippen LogP contribution in [0, 0.1) is 6.92 Å². The number of benzene rings is 3. The molecule has 0 amide bonds. The van der Waals surface area contributed by atoms with Crippen molar-refractivity contribution in [1.82, 2.24) is 0 Å². The van der Waals surface area contributed by atoms with Gasteiger partial charge in [0.05, 0.1) is 16.7 Å². The summed E-state index contributed by atoms with van der Waals surface area (Å²) >= 11 is 6.13. The molecule has 0 aliphatic carbocycles. The average Bonchev–Trinajstić information content (AvgIpc) is 2.67. The van der Waals surface area contributed by atoms with Crippen molar-refractivity contribution >= 4 is 33.4 Å². The third kappa shape index (κ3) is 4.81. The zero-order valence-corrected chi connectivity index (χ0v) is 16.8. The van der Waals surface area contributed by atoms with Crippen LogP contribution in [0.5, 0.6) is 0 Å². The number of aliphatic hydroxyl groups is 1. The van der Waals surface area contributed by atoms with Crippen molar-refractivity contribution in [1.29, 1.82) is 0 Å². The van der Waals surface area contributed by atoms with Crippen LogP contribution >= 0.6 is 11.6 Å². The lowest BCUT2D eigenvalue weighted by Gasteiger charge is -2.15. The number of aryl methyl sites for hydroxylation is 1. The highest BCUT2D eigenvalue weighted by Gasteiger charge is 2.17. The van der Waals surface area contributed by atoms with Crippen LogP contribution in [-0.2, 0) is 10.0 Å². The quantitative estimate of drug-likeness (QED) is 0.584. The molecule has 0 aromatic heterocycles. The predicted octanol–water partition coefficient (Wildman–Crippen LogP) is 5.20. The fraction of sp³-hybridized carbons (Fsp3) is 0.0909. The molecule has 0 bridgehead atoms. The molecule has 1 unspecified atom stereocenters. The maximum atomic E-state index is 12.7. The molecule has 0 fully saturated rings. The number of halogens is 1. The molecule has 4 nitrogen and oxygen atoms in total. The standard InChI is InChI=1S/C22H20ClNO3S/c1-16-10-13-18(14-11-16)28(26,27)24-21-9-5-3-7-19(21)22(25)15-12-17-6-2-4-8-20(17)23/h2-15,22,24-25H,1H3/b15-12+. The first-order valence-electron chi connectivity index (χ1n) is 8.66. The Bertz CT molecular complexity index is 1090. The Hall–Kier alpha value is -2.60. The molecule has 6 heteroatoms. The van der Waals surface area contributed by atoms with Gasteiger partial charge in [-0.25, -0.2) is 8.42 Å². The first-order chi connectivity index (χ1) is 13.4. The topological polar surface area (TPSA) is 66.4 Å². The van der Waals surface area contributed by atoms with E-state index < -0.39 is 16.1 Å². The molecule has 0 aliphatic heterocycles. The Morgan fingerprint density at radius 1 is 0.964 bits per heavy atom. The monoisotopic (exact) mass is 413 g/mol. The minimum atomic E-state index is -3.77. The van der Waals surface area contributed by atoms with Crippen LogP contribution in [0.3, 0.4) is 0 Å². The van der Waals surface area contributed by atoms with E-state index in [-0.39, 0.29) is 4.90 Å². The predicted molar refractivity (Wildman–Crippen MR) is 114 cm³/mol. The lowest BCUT2D eigenvalue weighted by atomic mass is 10.1. The van der Waals surface area contributed by atoms with Crippen LogP contribution in [-0.4, -0.2) is 13.5 Å². The molecular formula is C22H20ClNO3S. The number of sulfonamides is 1. The maximum Gasteiger partial charge on any atom is 0.261 e. The van der Waals surface area contributed by atoms with Gasteiger partial charge < -0.3 is 5.11 Å². The molecule has 0 spiro atoms. The highest BCUT2D eigenvalue weighted by Crippen LogP contribution is 2.27. The highest BCUT2D eigenvalue weighted by atomic mass is 35.5. The molecule has 0 aliphatic rings. The summed E-state index contributed by atoms with van der Waals surface area (Å²) in [5, 5.41) is 11.2. The van der Waals surface area contributed by atoms with Crippen molar-refractivity contribution in [2.75, 3.05) is 4.72 Å². The van der Waals surface area contributed by atoms with Gasteiger partial charge in [-0.05, 0) is 36.8 Å². The van der Waals surface area contributed by atoms with Crippen LogP contribution < -0.4 is 4.72 Å². The Labute approximate surface area is 170 Å².